The summed E-state index contributed by atoms with van der Waals surface area (Å²) < 4.78 is 0. The monoisotopic (exact) mass is 313 g/mol. The second kappa shape index (κ2) is 4.95. The fourth-order valence-corrected chi connectivity index (χ4v) is 3.60. The zero-order valence-electron chi connectivity index (χ0n) is 11.1. The normalized spacial score (nSPS) is 20.8. The molecule has 1 saturated heterocycles. The van der Waals surface area contributed by atoms with Gasteiger partial charge in [-0.05, 0) is 49.0 Å². The number of rotatable bonds is 2. The van der Waals surface area contributed by atoms with Crippen LogP contribution in [-0.4, -0.2) is 11.0 Å². The number of carbonyl (C=O) groups is 1. The topological polar surface area (TPSA) is 64.9 Å². The molecule has 0 aliphatic carbocycles. The van der Waals surface area contributed by atoms with E-state index in [2.05, 4.69) is 16.7 Å². The van der Waals surface area contributed by atoms with Crippen LogP contribution in [0.5, 0.6) is 0 Å². The Kier molecular flexibility index (Phi) is 3.24. The van der Waals surface area contributed by atoms with Gasteiger partial charge in [0.25, 0.3) is 5.91 Å². The van der Waals surface area contributed by atoms with Crippen LogP contribution in [0, 0.1) is 11.3 Å². The Balaban J connectivity index is 1.95. The van der Waals surface area contributed by atoms with Crippen molar-refractivity contribution < 1.29 is 4.79 Å². The quantitative estimate of drug-likeness (QED) is 0.836. The molecule has 1 aliphatic heterocycles. The smallest absolute Gasteiger partial charge is 0.257 e. The Morgan fingerprint density at radius 2 is 1.95 bits per heavy atom. The van der Waals surface area contributed by atoms with E-state index in [1.54, 1.807) is 12.1 Å². The standard InChI is InChI=1S/C15H11N3OS2/c1-15(13(19)17-14(20)18-15)12-7-6-11(21-12)10-4-2-9(8-16)3-5-10/h2-7H,1H3,(H2,17,18,19,20). The van der Waals surface area contributed by atoms with Crippen molar-refractivity contribution in [3.8, 4) is 16.5 Å². The van der Waals surface area contributed by atoms with Crippen molar-refractivity contribution in [2.45, 2.75) is 12.5 Å². The van der Waals surface area contributed by atoms with Gasteiger partial charge in [0.2, 0.25) is 0 Å². The molecule has 1 aliphatic rings. The molecule has 1 atom stereocenters. The van der Waals surface area contributed by atoms with Crippen LogP contribution in [0.2, 0.25) is 0 Å². The molecule has 2 aromatic rings. The van der Waals surface area contributed by atoms with Crippen molar-refractivity contribution in [2.75, 3.05) is 0 Å². The third-order valence-corrected chi connectivity index (χ3v) is 5.00. The molecule has 6 heteroatoms. The minimum Gasteiger partial charge on any atom is -0.344 e. The maximum absolute atomic E-state index is 12.0. The first-order chi connectivity index (χ1) is 10.0. The summed E-state index contributed by atoms with van der Waals surface area (Å²) in [6, 6.07) is 13.4. The number of nitrogens with one attached hydrogen (secondary N) is 2. The van der Waals surface area contributed by atoms with Crippen LogP contribution < -0.4 is 10.6 Å². The molecule has 1 fully saturated rings. The zero-order chi connectivity index (χ0) is 15.0. The summed E-state index contributed by atoms with van der Waals surface area (Å²) in [5.74, 6) is -0.138. The Morgan fingerprint density at radius 3 is 2.52 bits per heavy atom. The number of hydrogen-bond acceptors (Lipinski definition) is 4. The van der Waals surface area contributed by atoms with Crippen molar-refractivity contribution in [2.24, 2.45) is 0 Å². The van der Waals surface area contributed by atoms with E-state index in [4.69, 9.17) is 17.5 Å². The minimum atomic E-state index is -0.813. The van der Waals surface area contributed by atoms with E-state index in [-0.39, 0.29) is 5.91 Å². The zero-order valence-corrected chi connectivity index (χ0v) is 12.8. The van der Waals surface area contributed by atoms with Crippen LogP contribution in [0.25, 0.3) is 10.4 Å². The lowest BCUT2D eigenvalue weighted by Crippen LogP contribution is -2.39. The van der Waals surface area contributed by atoms with E-state index in [1.807, 2.05) is 31.2 Å². The third-order valence-electron chi connectivity index (χ3n) is 3.44. The van der Waals surface area contributed by atoms with Crippen molar-refractivity contribution in [3.05, 3.63) is 46.8 Å². The highest BCUT2D eigenvalue weighted by molar-refractivity contribution is 7.80. The predicted molar refractivity (Wildman–Crippen MR) is 85.7 cm³/mol. The van der Waals surface area contributed by atoms with Crippen LogP contribution in [-0.2, 0) is 10.3 Å². The Labute approximate surface area is 131 Å². The van der Waals surface area contributed by atoms with Crippen molar-refractivity contribution in [1.29, 1.82) is 5.26 Å². The first kappa shape index (κ1) is 13.7. The summed E-state index contributed by atoms with van der Waals surface area (Å²) in [6.45, 7) is 1.82. The molecule has 2 N–H and O–H groups in total. The molecule has 104 valence electrons. The minimum absolute atomic E-state index is 0.138. The molecule has 0 radical (unpaired) electrons. The number of amides is 1. The second-order valence-corrected chi connectivity index (χ2v) is 6.38. The van der Waals surface area contributed by atoms with Gasteiger partial charge in [0, 0.05) is 9.75 Å². The lowest BCUT2D eigenvalue weighted by Gasteiger charge is -2.18. The summed E-state index contributed by atoms with van der Waals surface area (Å²) in [7, 11) is 0. The van der Waals surface area contributed by atoms with Gasteiger partial charge in [-0.2, -0.15) is 5.26 Å². The number of nitriles is 1. The average molecular weight is 313 g/mol. The largest absolute Gasteiger partial charge is 0.344 e. The lowest BCUT2D eigenvalue weighted by molar-refractivity contribution is -0.123. The molecule has 1 aromatic heterocycles. The molecule has 1 unspecified atom stereocenters. The van der Waals surface area contributed by atoms with E-state index >= 15 is 0 Å². The fourth-order valence-electron chi connectivity index (χ4n) is 2.19. The van der Waals surface area contributed by atoms with Crippen LogP contribution in [0.4, 0.5) is 0 Å². The molecule has 1 aromatic carbocycles. The SMILES string of the molecule is CC1(c2ccc(-c3ccc(C#N)cc3)s2)NC(=S)NC1=O. The molecule has 0 bridgehead atoms. The number of nitrogens with zero attached hydrogens (tertiary/aromatic N) is 1. The van der Waals surface area contributed by atoms with E-state index in [0.29, 0.717) is 10.7 Å². The van der Waals surface area contributed by atoms with Crippen molar-refractivity contribution in [3.63, 3.8) is 0 Å². The van der Waals surface area contributed by atoms with Crippen LogP contribution in [0.1, 0.15) is 17.4 Å². The maximum Gasteiger partial charge on any atom is 0.257 e. The predicted octanol–water partition coefficient (Wildman–Crippen LogP) is 2.51. The van der Waals surface area contributed by atoms with Gasteiger partial charge >= 0.3 is 0 Å². The molecule has 0 saturated carbocycles. The first-order valence-corrected chi connectivity index (χ1v) is 7.50. The van der Waals surface area contributed by atoms with Gasteiger partial charge in [-0.3, -0.25) is 4.79 Å². The van der Waals surface area contributed by atoms with Gasteiger partial charge in [0.05, 0.1) is 11.6 Å². The first-order valence-electron chi connectivity index (χ1n) is 6.27. The van der Waals surface area contributed by atoms with Gasteiger partial charge in [-0.1, -0.05) is 12.1 Å². The van der Waals surface area contributed by atoms with Crippen LogP contribution in [0.3, 0.4) is 0 Å². The van der Waals surface area contributed by atoms with Gasteiger partial charge in [0.15, 0.2) is 10.7 Å². The highest BCUT2D eigenvalue weighted by Gasteiger charge is 2.42. The molecule has 4 nitrogen and oxygen atoms in total. The van der Waals surface area contributed by atoms with Crippen molar-refractivity contribution >= 4 is 34.6 Å². The summed E-state index contributed by atoms with van der Waals surface area (Å²) in [5.41, 5.74) is 0.839. The number of hydrogen-bond donors (Lipinski definition) is 2. The molecule has 3 rings (SSSR count). The molecule has 1 amide bonds. The van der Waals surface area contributed by atoms with Crippen LogP contribution >= 0.6 is 23.6 Å². The molecular weight excluding hydrogens is 302 g/mol. The maximum atomic E-state index is 12.0. The van der Waals surface area contributed by atoms with E-state index in [0.717, 1.165) is 15.3 Å². The summed E-state index contributed by atoms with van der Waals surface area (Å²) in [6.07, 6.45) is 0. The Hall–Kier alpha value is -2.23. The number of thiophene rings is 1. The summed E-state index contributed by atoms with van der Waals surface area (Å²) in [5, 5.41) is 14.8. The molecule has 0 spiro atoms. The lowest BCUT2D eigenvalue weighted by atomic mass is 10.0. The molecular formula is C15H11N3OS2. The number of benzene rings is 1. The Morgan fingerprint density at radius 1 is 1.24 bits per heavy atom. The van der Waals surface area contributed by atoms with E-state index < -0.39 is 5.54 Å². The highest BCUT2D eigenvalue weighted by atomic mass is 32.1. The Bertz CT molecular complexity index is 773. The highest BCUT2D eigenvalue weighted by Crippen LogP contribution is 2.35. The molecule has 21 heavy (non-hydrogen) atoms. The van der Waals surface area contributed by atoms with Gasteiger partial charge in [-0.25, -0.2) is 0 Å². The van der Waals surface area contributed by atoms with E-state index in [9.17, 15) is 4.79 Å². The van der Waals surface area contributed by atoms with Crippen LogP contribution in [0.15, 0.2) is 36.4 Å². The van der Waals surface area contributed by atoms with Gasteiger partial charge < -0.3 is 10.6 Å². The summed E-state index contributed by atoms with van der Waals surface area (Å²) >= 11 is 6.54. The number of thiocarbonyl (C=S) groups is 1. The second-order valence-electron chi connectivity index (χ2n) is 4.89. The fraction of sp³-hybridized carbons (Fsp3) is 0.133. The van der Waals surface area contributed by atoms with Crippen molar-refractivity contribution in [1.82, 2.24) is 10.6 Å². The van der Waals surface area contributed by atoms with E-state index in [1.165, 1.54) is 11.3 Å². The van der Waals surface area contributed by atoms with Gasteiger partial charge in [0.1, 0.15) is 0 Å². The summed E-state index contributed by atoms with van der Waals surface area (Å²) in [4.78, 5) is 14.0. The molecule has 2 heterocycles. The average Bonchev–Trinajstić information content (AvgIpc) is 3.06. The third kappa shape index (κ3) is 2.31. The van der Waals surface area contributed by atoms with Gasteiger partial charge in [-0.15, -0.1) is 11.3 Å². The number of carbonyl (C=O) groups excluding carboxylic acids is 1.